The molecule has 0 radical (unpaired) electrons. The monoisotopic (exact) mass is 721 g/mol. The van der Waals surface area contributed by atoms with E-state index in [0.29, 0.717) is 58.6 Å². The van der Waals surface area contributed by atoms with Gasteiger partial charge in [-0.3, -0.25) is 9.52 Å². The van der Waals surface area contributed by atoms with Crippen molar-refractivity contribution in [2.24, 2.45) is 11.3 Å². The molecule has 5 heterocycles. The van der Waals surface area contributed by atoms with Crippen molar-refractivity contribution >= 4 is 29.5 Å². The molecule has 1 saturated heterocycles. The van der Waals surface area contributed by atoms with Gasteiger partial charge in [-0.15, -0.1) is 5.10 Å². The second kappa shape index (κ2) is 14.3. The van der Waals surface area contributed by atoms with Crippen LogP contribution in [0.4, 0.5) is 24.8 Å². The first-order valence-corrected chi connectivity index (χ1v) is 18.2. The lowest BCUT2D eigenvalue weighted by Gasteiger charge is -2.34. The zero-order chi connectivity index (χ0) is 35.6. The van der Waals surface area contributed by atoms with E-state index in [4.69, 9.17) is 19.4 Å². The molecule has 0 spiro atoms. The summed E-state index contributed by atoms with van der Waals surface area (Å²) in [5.74, 6) is 2.72. The van der Waals surface area contributed by atoms with Crippen LogP contribution in [0, 0.1) is 11.3 Å². The number of alkyl halides is 3. The first-order chi connectivity index (χ1) is 24.5. The van der Waals surface area contributed by atoms with Gasteiger partial charge >= 0.3 is 6.18 Å². The minimum atomic E-state index is -4.17. The number of rotatable bonds is 9. The number of nitrogens with one attached hydrogen (secondary N) is 2. The van der Waals surface area contributed by atoms with E-state index >= 15 is 0 Å². The molecule has 1 saturated carbocycles. The Balaban J connectivity index is 1.09. The van der Waals surface area contributed by atoms with Crippen LogP contribution >= 0.6 is 11.9 Å². The molecule has 7 rings (SSSR count). The molecule has 14 heteroatoms. The fourth-order valence-electron chi connectivity index (χ4n) is 7.04. The van der Waals surface area contributed by atoms with E-state index < -0.39 is 11.6 Å². The molecule has 2 aliphatic heterocycles. The van der Waals surface area contributed by atoms with Crippen LogP contribution in [0.15, 0.2) is 71.9 Å². The third-order valence-electron chi connectivity index (χ3n) is 10.0. The van der Waals surface area contributed by atoms with Crippen molar-refractivity contribution in [3.63, 3.8) is 0 Å². The average Bonchev–Trinajstić information content (AvgIpc) is 3.67. The van der Waals surface area contributed by atoms with Crippen LogP contribution < -0.4 is 24.4 Å². The van der Waals surface area contributed by atoms with Gasteiger partial charge in [0.1, 0.15) is 17.5 Å². The van der Waals surface area contributed by atoms with Gasteiger partial charge in [0.2, 0.25) is 5.88 Å². The minimum Gasteiger partial charge on any atom is -0.485 e. The van der Waals surface area contributed by atoms with Gasteiger partial charge in [-0.1, -0.05) is 30.3 Å². The number of carbonyl (C=O) groups excluding carboxylic acids is 1. The fourth-order valence-corrected chi connectivity index (χ4v) is 7.62. The number of pyridine rings is 2. The fraction of sp³-hybridized carbons (Fsp3) is 0.459. The van der Waals surface area contributed by atoms with Crippen molar-refractivity contribution in [2.75, 3.05) is 29.9 Å². The maximum atomic E-state index is 13.8. The summed E-state index contributed by atoms with van der Waals surface area (Å²) in [4.78, 5) is 25.8. The van der Waals surface area contributed by atoms with E-state index in [0.717, 1.165) is 49.9 Å². The first kappa shape index (κ1) is 35.0. The van der Waals surface area contributed by atoms with Crippen molar-refractivity contribution in [3.8, 4) is 17.4 Å². The van der Waals surface area contributed by atoms with E-state index in [9.17, 15) is 18.0 Å². The molecule has 1 atom stereocenters. The first-order valence-electron chi connectivity index (χ1n) is 17.4. The third-order valence-corrected chi connectivity index (χ3v) is 10.7. The van der Waals surface area contributed by atoms with Gasteiger partial charge in [0.25, 0.3) is 5.91 Å². The number of halogens is 3. The van der Waals surface area contributed by atoms with E-state index in [1.807, 2.05) is 42.5 Å². The van der Waals surface area contributed by atoms with Crippen LogP contribution in [0.5, 0.6) is 11.6 Å². The van der Waals surface area contributed by atoms with Gasteiger partial charge in [-0.2, -0.15) is 13.2 Å². The maximum Gasteiger partial charge on any atom is 0.394 e. The van der Waals surface area contributed by atoms with Crippen LogP contribution in [0.1, 0.15) is 74.7 Å². The minimum absolute atomic E-state index is 0.0543. The SMILES string of the molecule is CC1(C)CC2CCCNc3nc(ccc3OCc3ccccc3)SNC(=O)c3ccc(-n4ccc(OCCCC5(C(F)(F)F)CC5)n4)nc3N1C2. The molecule has 10 nitrogen and oxygen atoms in total. The summed E-state index contributed by atoms with van der Waals surface area (Å²) in [7, 11) is 0. The number of anilines is 2. The summed E-state index contributed by atoms with van der Waals surface area (Å²) in [6.07, 6.45) is 1.10. The summed E-state index contributed by atoms with van der Waals surface area (Å²) in [6, 6.07) is 18.8. The van der Waals surface area contributed by atoms with Gasteiger partial charge in [0, 0.05) is 42.8 Å². The molecule has 1 amide bonds. The highest BCUT2D eigenvalue weighted by Crippen LogP contribution is 2.60. The summed E-state index contributed by atoms with van der Waals surface area (Å²) < 4.78 is 56.3. The second-order valence-corrected chi connectivity index (χ2v) is 15.1. The van der Waals surface area contributed by atoms with Gasteiger partial charge in [-0.25, -0.2) is 14.6 Å². The molecule has 270 valence electrons. The normalized spacial score (nSPS) is 19.6. The van der Waals surface area contributed by atoms with Crippen molar-refractivity contribution < 1.29 is 27.4 Å². The van der Waals surface area contributed by atoms with Gasteiger partial charge in [-0.05, 0) is 94.5 Å². The topological polar surface area (TPSA) is 106 Å². The molecular formula is C37H42F3N7O3S. The smallest absolute Gasteiger partial charge is 0.394 e. The number of hydrogen-bond donors (Lipinski definition) is 2. The highest BCUT2D eigenvalue weighted by Gasteiger charge is 2.62. The largest absolute Gasteiger partial charge is 0.485 e. The number of fused-ring (bicyclic) bond motifs is 6. The van der Waals surface area contributed by atoms with Crippen molar-refractivity contribution in [1.82, 2.24) is 24.5 Å². The Morgan fingerprint density at radius 2 is 1.84 bits per heavy atom. The lowest BCUT2D eigenvalue weighted by molar-refractivity contribution is -0.189. The molecule has 4 bridgehead atoms. The van der Waals surface area contributed by atoms with Crippen LogP contribution in [-0.4, -0.2) is 57.1 Å². The van der Waals surface area contributed by atoms with Gasteiger partial charge < -0.3 is 19.7 Å². The average molecular weight is 722 g/mol. The highest BCUT2D eigenvalue weighted by atomic mass is 32.2. The molecule has 51 heavy (non-hydrogen) atoms. The number of amides is 1. The Morgan fingerprint density at radius 3 is 2.63 bits per heavy atom. The van der Waals surface area contributed by atoms with Crippen LogP contribution in [0.2, 0.25) is 0 Å². The Labute approximate surface area is 299 Å². The standard InChI is InChI=1S/C37H42F3N7O3S/c1-35(2)22-26-10-6-19-41-32-28(50-24-25-8-4-3-5-9-25)12-14-31(43-32)51-45-34(48)27-11-13-29(42-33(27)46(35)23-26)47-20-15-30(44-47)49-21-7-16-36(17-18-36)37(38,39)40/h3-5,8-9,11-15,20,26H,6-7,10,16-19,21-24H2,1-2H3,(H,41,43)(H,45,48). The third kappa shape index (κ3) is 7.90. The number of benzene rings is 1. The Hall–Kier alpha value is -4.46. The van der Waals surface area contributed by atoms with E-state index in [2.05, 4.69) is 33.9 Å². The summed E-state index contributed by atoms with van der Waals surface area (Å²) >= 11 is 1.13. The van der Waals surface area contributed by atoms with Crippen molar-refractivity contribution in [3.05, 3.63) is 78.0 Å². The Morgan fingerprint density at radius 1 is 1.02 bits per heavy atom. The molecule has 1 unspecified atom stereocenters. The number of hydrogen-bond acceptors (Lipinski definition) is 9. The van der Waals surface area contributed by atoms with E-state index in [1.165, 1.54) is 0 Å². The van der Waals surface area contributed by atoms with Crippen LogP contribution in [0.3, 0.4) is 0 Å². The number of carbonyl (C=O) groups is 1. The molecule has 3 aromatic heterocycles. The van der Waals surface area contributed by atoms with Crippen LogP contribution in [0.25, 0.3) is 5.82 Å². The molecule has 4 aromatic rings. The second-order valence-electron chi connectivity index (χ2n) is 14.2. The zero-order valence-electron chi connectivity index (χ0n) is 28.7. The summed E-state index contributed by atoms with van der Waals surface area (Å²) in [5.41, 5.74) is -0.318. The molecule has 2 fully saturated rings. The highest BCUT2D eigenvalue weighted by molar-refractivity contribution is 7.97. The van der Waals surface area contributed by atoms with Gasteiger partial charge in [0.15, 0.2) is 17.4 Å². The summed E-state index contributed by atoms with van der Waals surface area (Å²) in [6.45, 7) is 6.36. The molecule has 1 aromatic carbocycles. The van der Waals surface area contributed by atoms with E-state index in [-0.39, 0.29) is 37.3 Å². The number of ether oxygens (including phenoxy) is 2. The van der Waals surface area contributed by atoms with Crippen LogP contribution in [-0.2, 0) is 6.61 Å². The number of aromatic nitrogens is 4. The predicted octanol–water partition coefficient (Wildman–Crippen LogP) is 7.99. The van der Waals surface area contributed by atoms with Crippen molar-refractivity contribution in [2.45, 2.75) is 82.1 Å². The zero-order valence-corrected chi connectivity index (χ0v) is 29.5. The van der Waals surface area contributed by atoms with Gasteiger partial charge in [0.05, 0.1) is 17.6 Å². The van der Waals surface area contributed by atoms with Crippen molar-refractivity contribution in [1.29, 1.82) is 0 Å². The number of nitrogens with zero attached hydrogens (tertiary/aromatic N) is 5. The van der Waals surface area contributed by atoms with E-state index in [1.54, 1.807) is 29.1 Å². The molecular weight excluding hydrogens is 680 g/mol. The quantitative estimate of drug-likeness (QED) is 0.131. The molecule has 1 aliphatic carbocycles. The predicted molar refractivity (Wildman–Crippen MR) is 189 cm³/mol. The molecule has 3 aliphatic rings. The molecule has 2 N–H and O–H groups in total. The Bertz CT molecular complexity index is 1850. The Kier molecular flexibility index (Phi) is 9.79. The lowest BCUT2D eigenvalue weighted by atomic mass is 9.93. The maximum absolute atomic E-state index is 13.8. The summed E-state index contributed by atoms with van der Waals surface area (Å²) in [5, 5.41) is 8.57. The lowest BCUT2D eigenvalue weighted by Crippen LogP contribution is -2.40.